The van der Waals surface area contributed by atoms with E-state index in [4.69, 9.17) is 4.74 Å². The van der Waals surface area contributed by atoms with E-state index >= 15 is 0 Å². The summed E-state index contributed by atoms with van der Waals surface area (Å²) in [5, 5.41) is 3.27. The van der Waals surface area contributed by atoms with Crippen LogP contribution in [0.2, 0.25) is 0 Å². The first-order chi connectivity index (χ1) is 12.2. The maximum absolute atomic E-state index is 6.27. The van der Waals surface area contributed by atoms with Gasteiger partial charge in [0.15, 0.2) is 0 Å². The van der Waals surface area contributed by atoms with Gasteiger partial charge in [-0.15, -0.1) is 11.3 Å². The number of hydrogen-bond donors (Lipinski definition) is 0. The SMILES string of the molecule is Cc1cccc(CN2CCC3(CC2)CN(Cc2nccs2)CCO3)n1. The Morgan fingerprint density at radius 2 is 2.04 bits per heavy atom. The van der Waals surface area contributed by atoms with E-state index in [1.165, 1.54) is 10.7 Å². The summed E-state index contributed by atoms with van der Waals surface area (Å²) >= 11 is 1.75. The van der Waals surface area contributed by atoms with E-state index in [2.05, 4.69) is 50.3 Å². The third-order valence-corrected chi connectivity index (χ3v) is 6.03. The summed E-state index contributed by atoms with van der Waals surface area (Å²) in [4.78, 5) is 14.1. The lowest BCUT2D eigenvalue weighted by Crippen LogP contribution is -2.56. The zero-order valence-corrected chi connectivity index (χ0v) is 15.7. The fraction of sp³-hybridized carbons (Fsp3) is 0.579. The molecule has 0 aliphatic carbocycles. The van der Waals surface area contributed by atoms with E-state index in [0.29, 0.717) is 0 Å². The molecule has 4 rings (SSSR count). The molecule has 2 saturated heterocycles. The topological polar surface area (TPSA) is 41.5 Å². The molecule has 2 aliphatic rings. The van der Waals surface area contributed by atoms with Crippen LogP contribution in [0, 0.1) is 6.92 Å². The first-order valence-electron chi connectivity index (χ1n) is 9.10. The predicted molar refractivity (Wildman–Crippen MR) is 99.6 cm³/mol. The van der Waals surface area contributed by atoms with Gasteiger partial charge in [-0.25, -0.2) is 4.98 Å². The number of ether oxygens (including phenoxy) is 1. The van der Waals surface area contributed by atoms with Gasteiger partial charge in [-0.05, 0) is 31.9 Å². The van der Waals surface area contributed by atoms with Crippen molar-refractivity contribution in [3.8, 4) is 0 Å². The van der Waals surface area contributed by atoms with Crippen molar-refractivity contribution < 1.29 is 4.74 Å². The van der Waals surface area contributed by atoms with Crippen LogP contribution >= 0.6 is 11.3 Å². The molecular formula is C19H26N4OS. The Balaban J connectivity index is 1.32. The second-order valence-electron chi connectivity index (χ2n) is 7.21. The average molecular weight is 359 g/mol. The molecule has 0 aromatic carbocycles. The van der Waals surface area contributed by atoms with E-state index in [1.807, 2.05) is 6.20 Å². The lowest BCUT2D eigenvalue weighted by molar-refractivity contribution is -0.138. The summed E-state index contributed by atoms with van der Waals surface area (Å²) in [6.07, 6.45) is 4.11. The molecule has 25 heavy (non-hydrogen) atoms. The van der Waals surface area contributed by atoms with Crippen LogP contribution in [-0.2, 0) is 17.8 Å². The standard InChI is InChI=1S/C19H26N4OS/c1-16-3-2-4-17(21-16)13-22-8-5-19(6-9-22)15-23(10-11-24-19)14-18-20-7-12-25-18/h2-4,7,12H,5-6,8-11,13-15H2,1H3. The molecule has 2 aromatic heterocycles. The fourth-order valence-corrected chi connectivity index (χ4v) is 4.58. The number of morpholine rings is 1. The third-order valence-electron chi connectivity index (χ3n) is 5.27. The number of aryl methyl sites for hydroxylation is 1. The van der Waals surface area contributed by atoms with E-state index < -0.39 is 0 Å². The van der Waals surface area contributed by atoms with Gasteiger partial charge < -0.3 is 4.74 Å². The van der Waals surface area contributed by atoms with E-state index in [-0.39, 0.29) is 5.60 Å². The van der Waals surface area contributed by atoms with Gasteiger partial charge in [0, 0.05) is 50.0 Å². The van der Waals surface area contributed by atoms with Crippen LogP contribution in [0.15, 0.2) is 29.8 Å². The van der Waals surface area contributed by atoms with Crippen molar-refractivity contribution in [1.82, 2.24) is 19.8 Å². The first kappa shape index (κ1) is 17.1. The molecule has 4 heterocycles. The lowest BCUT2D eigenvalue weighted by atomic mass is 9.89. The van der Waals surface area contributed by atoms with Crippen molar-refractivity contribution in [3.63, 3.8) is 0 Å². The number of aromatic nitrogens is 2. The molecule has 2 aromatic rings. The minimum atomic E-state index is 0.0338. The largest absolute Gasteiger partial charge is 0.372 e. The van der Waals surface area contributed by atoms with Gasteiger partial charge in [0.1, 0.15) is 5.01 Å². The van der Waals surface area contributed by atoms with E-state index in [9.17, 15) is 0 Å². The number of hydrogen-bond acceptors (Lipinski definition) is 6. The Morgan fingerprint density at radius 3 is 2.80 bits per heavy atom. The van der Waals surface area contributed by atoms with Crippen molar-refractivity contribution >= 4 is 11.3 Å². The van der Waals surface area contributed by atoms with Gasteiger partial charge in [-0.2, -0.15) is 0 Å². The summed E-state index contributed by atoms with van der Waals surface area (Å²) in [6, 6.07) is 6.29. The van der Waals surface area contributed by atoms with Gasteiger partial charge in [0.25, 0.3) is 0 Å². The maximum atomic E-state index is 6.27. The number of thiazole rings is 1. The normalized spacial score (nSPS) is 21.6. The highest BCUT2D eigenvalue weighted by molar-refractivity contribution is 7.09. The Hall–Kier alpha value is -1.34. The number of pyridine rings is 1. The maximum Gasteiger partial charge on any atom is 0.107 e. The van der Waals surface area contributed by atoms with Gasteiger partial charge in [-0.3, -0.25) is 14.8 Å². The zero-order valence-electron chi connectivity index (χ0n) is 14.9. The number of rotatable bonds is 4. The molecule has 0 N–H and O–H groups in total. The molecule has 2 aliphatic heterocycles. The molecule has 0 saturated carbocycles. The van der Waals surface area contributed by atoms with Gasteiger partial charge >= 0.3 is 0 Å². The van der Waals surface area contributed by atoms with Gasteiger partial charge in [-0.1, -0.05) is 6.07 Å². The van der Waals surface area contributed by atoms with Crippen LogP contribution in [0.4, 0.5) is 0 Å². The van der Waals surface area contributed by atoms with Crippen LogP contribution in [-0.4, -0.2) is 58.2 Å². The molecule has 0 unspecified atom stereocenters. The van der Waals surface area contributed by atoms with Gasteiger partial charge in [0.05, 0.1) is 24.4 Å². The fourth-order valence-electron chi connectivity index (χ4n) is 3.92. The van der Waals surface area contributed by atoms with Crippen molar-refractivity contribution in [1.29, 1.82) is 0 Å². The van der Waals surface area contributed by atoms with Crippen LogP contribution in [0.5, 0.6) is 0 Å². The third kappa shape index (κ3) is 4.26. The Bertz CT molecular complexity index is 682. The summed E-state index contributed by atoms with van der Waals surface area (Å²) in [5.41, 5.74) is 2.30. The van der Waals surface area contributed by atoms with Crippen molar-refractivity contribution in [2.24, 2.45) is 0 Å². The Labute approximate surface area is 153 Å². The van der Waals surface area contributed by atoms with E-state index in [1.54, 1.807) is 11.3 Å². The predicted octanol–water partition coefficient (Wildman–Crippen LogP) is 2.71. The van der Waals surface area contributed by atoms with Crippen molar-refractivity contribution in [2.75, 3.05) is 32.8 Å². The Kier molecular flexibility index (Phi) is 5.12. The van der Waals surface area contributed by atoms with Crippen LogP contribution in [0.3, 0.4) is 0 Å². The summed E-state index contributed by atoms with van der Waals surface area (Å²) < 4.78 is 6.27. The molecule has 0 atom stereocenters. The molecule has 0 bridgehead atoms. The van der Waals surface area contributed by atoms with Crippen LogP contribution < -0.4 is 0 Å². The highest BCUT2D eigenvalue weighted by Crippen LogP contribution is 2.31. The summed E-state index contributed by atoms with van der Waals surface area (Å²) in [6.45, 7) is 9.01. The minimum Gasteiger partial charge on any atom is -0.372 e. The monoisotopic (exact) mass is 358 g/mol. The summed E-state index contributed by atoms with van der Waals surface area (Å²) in [5.74, 6) is 0. The summed E-state index contributed by atoms with van der Waals surface area (Å²) in [7, 11) is 0. The molecule has 0 amide bonds. The highest BCUT2D eigenvalue weighted by Gasteiger charge is 2.39. The average Bonchev–Trinajstić information content (AvgIpc) is 3.11. The highest BCUT2D eigenvalue weighted by atomic mass is 32.1. The number of nitrogens with zero attached hydrogens (tertiary/aromatic N) is 4. The smallest absolute Gasteiger partial charge is 0.107 e. The molecule has 6 heteroatoms. The van der Waals surface area contributed by atoms with E-state index in [0.717, 1.165) is 64.4 Å². The lowest BCUT2D eigenvalue weighted by Gasteiger charge is -2.47. The molecule has 0 radical (unpaired) electrons. The van der Waals surface area contributed by atoms with Crippen molar-refractivity contribution in [3.05, 3.63) is 46.2 Å². The minimum absolute atomic E-state index is 0.0338. The quantitative estimate of drug-likeness (QED) is 0.841. The molecule has 5 nitrogen and oxygen atoms in total. The number of piperidine rings is 1. The first-order valence-corrected chi connectivity index (χ1v) is 9.98. The van der Waals surface area contributed by atoms with Gasteiger partial charge in [0.2, 0.25) is 0 Å². The number of likely N-dealkylation sites (tertiary alicyclic amines) is 1. The molecule has 134 valence electrons. The second-order valence-corrected chi connectivity index (χ2v) is 8.19. The zero-order chi connectivity index (χ0) is 17.1. The Morgan fingerprint density at radius 1 is 1.16 bits per heavy atom. The molecular weight excluding hydrogens is 332 g/mol. The van der Waals surface area contributed by atoms with Crippen molar-refractivity contribution in [2.45, 2.75) is 38.5 Å². The molecule has 1 spiro atoms. The second kappa shape index (κ2) is 7.50. The van der Waals surface area contributed by atoms with Crippen LogP contribution in [0.1, 0.15) is 29.2 Å². The van der Waals surface area contributed by atoms with Crippen LogP contribution in [0.25, 0.3) is 0 Å². The molecule has 2 fully saturated rings.